The Balaban J connectivity index is 2.44. The highest BCUT2D eigenvalue weighted by atomic mass is 16.2. The highest BCUT2D eigenvalue weighted by Gasteiger charge is 2.06. The molecule has 7 heteroatoms. The van der Waals surface area contributed by atoms with Gasteiger partial charge in [0, 0.05) is 26.2 Å². The Morgan fingerprint density at radius 3 is 2.71 bits per heavy atom. The van der Waals surface area contributed by atoms with Crippen LogP contribution in [0.1, 0.15) is 16.8 Å². The second kappa shape index (κ2) is 6.44. The van der Waals surface area contributed by atoms with E-state index in [1.54, 1.807) is 19.2 Å². The lowest BCUT2D eigenvalue weighted by Crippen LogP contribution is -2.29. The van der Waals surface area contributed by atoms with Gasteiger partial charge in [0.2, 0.25) is 5.91 Å². The molecule has 2 amide bonds. The van der Waals surface area contributed by atoms with Gasteiger partial charge >= 0.3 is 0 Å². The summed E-state index contributed by atoms with van der Waals surface area (Å²) in [4.78, 5) is 26.4. The lowest BCUT2D eigenvalue weighted by molar-refractivity contribution is -0.120. The molecule has 0 aromatic carbocycles. The standard InChI is InChI=1S/C10H15N5O2/c1-12-9(16)4-5-13-10(17)7-2-3-8(15-11)14-6-7/h2-3,6H,4-5,11H2,1H3,(H,12,16)(H,13,17)(H,14,15). The van der Waals surface area contributed by atoms with Crippen LogP contribution in [0.15, 0.2) is 18.3 Å². The molecule has 0 saturated heterocycles. The molecule has 0 saturated carbocycles. The van der Waals surface area contributed by atoms with Crippen LogP contribution >= 0.6 is 0 Å². The number of aromatic nitrogens is 1. The van der Waals surface area contributed by atoms with Gasteiger partial charge in [-0.2, -0.15) is 0 Å². The minimum absolute atomic E-state index is 0.119. The Bertz CT molecular complexity index is 390. The normalized spacial score (nSPS) is 9.53. The molecule has 0 fully saturated rings. The predicted molar refractivity (Wildman–Crippen MR) is 63.1 cm³/mol. The largest absolute Gasteiger partial charge is 0.359 e. The number of hydrogen-bond acceptors (Lipinski definition) is 5. The Kier molecular flexibility index (Phi) is 4.89. The number of amides is 2. The van der Waals surface area contributed by atoms with Crippen molar-refractivity contribution in [3.63, 3.8) is 0 Å². The van der Waals surface area contributed by atoms with E-state index in [9.17, 15) is 9.59 Å². The number of carbonyl (C=O) groups excluding carboxylic acids is 2. The van der Waals surface area contributed by atoms with Gasteiger partial charge in [0.1, 0.15) is 5.82 Å². The second-order valence-corrected chi connectivity index (χ2v) is 3.26. The van der Waals surface area contributed by atoms with Gasteiger partial charge in [-0.1, -0.05) is 0 Å². The average molecular weight is 237 g/mol. The van der Waals surface area contributed by atoms with E-state index in [0.29, 0.717) is 11.4 Å². The summed E-state index contributed by atoms with van der Waals surface area (Å²) in [5.74, 6) is 5.23. The molecule has 0 unspecified atom stereocenters. The van der Waals surface area contributed by atoms with Crippen LogP contribution < -0.4 is 21.9 Å². The highest BCUT2D eigenvalue weighted by Crippen LogP contribution is 2.03. The molecule has 0 bridgehead atoms. The monoisotopic (exact) mass is 237 g/mol. The predicted octanol–water partition coefficient (Wildman–Crippen LogP) is -0.767. The zero-order chi connectivity index (χ0) is 12.7. The van der Waals surface area contributed by atoms with Gasteiger partial charge in [0.05, 0.1) is 5.56 Å². The Hall–Kier alpha value is -2.15. The number of nitrogen functional groups attached to an aromatic ring is 1. The molecule has 1 aromatic heterocycles. The molecule has 0 atom stereocenters. The molecule has 0 aliphatic rings. The number of hydrogen-bond donors (Lipinski definition) is 4. The molecule has 0 aliphatic carbocycles. The third-order valence-electron chi connectivity index (χ3n) is 2.09. The van der Waals surface area contributed by atoms with E-state index in [1.165, 1.54) is 6.20 Å². The summed E-state index contributed by atoms with van der Waals surface area (Å²) in [5, 5.41) is 5.08. The smallest absolute Gasteiger partial charge is 0.252 e. The summed E-state index contributed by atoms with van der Waals surface area (Å²) in [6.07, 6.45) is 1.66. The van der Waals surface area contributed by atoms with E-state index < -0.39 is 0 Å². The topological polar surface area (TPSA) is 109 Å². The second-order valence-electron chi connectivity index (χ2n) is 3.26. The maximum absolute atomic E-state index is 11.6. The van der Waals surface area contributed by atoms with E-state index in [2.05, 4.69) is 21.0 Å². The summed E-state index contributed by atoms with van der Waals surface area (Å²) in [7, 11) is 1.55. The molecule has 0 aliphatic heterocycles. The number of pyridine rings is 1. The fourth-order valence-corrected chi connectivity index (χ4v) is 1.13. The molecule has 5 N–H and O–H groups in total. The summed E-state index contributed by atoms with van der Waals surface area (Å²) >= 11 is 0. The molecule has 0 radical (unpaired) electrons. The maximum Gasteiger partial charge on any atom is 0.252 e. The summed E-state index contributed by atoms with van der Waals surface area (Å²) < 4.78 is 0. The van der Waals surface area contributed by atoms with E-state index in [-0.39, 0.29) is 24.8 Å². The number of hydrazine groups is 1. The van der Waals surface area contributed by atoms with Gasteiger partial charge in [0.25, 0.3) is 5.91 Å². The van der Waals surface area contributed by atoms with Crippen LogP contribution in [0.4, 0.5) is 5.82 Å². The molecule has 1 heterocycles. The van der Waals surface area contributed by atoms with Crippen molar-refractivity contribution in [2.24, 2.45) is 5.84 Å². The fraction of sp³-hybridized carbons (Fsp3) is 0.300. The number of nitrogens with zero attached hydrogens (tertiary/aromatic N) is 1. The maximum atomic E-state index is 11.6. The minimum atomic E-state index is -0.273. The third kappa shape index (κ3) is 4.07. The van der Waals surface area contributed by atoms with Crippen molar-refractivity contribution >= 4 is 17.6 Å². The molecular weight excluding hydrogens is 222 g/mol. The Morgan fingerprint density at radius 2 is 2.18 bits per heavy atom. The van der Waals surface area contributed by atoms with Crippen molar-refractivity contribution in [2.45, 2.75) is 6.42 Å². The van der Waals surface area contributed by atoms with E-state index in [4.69, 9.17) is 5.84 Å². The average Bonchev–Trinajstić information content (AvgIpc) is 2.38. The van der Waals surface area contributed by atoms with Crippen molar-refractivity contribution < 1.29 is 9.59 Å². The molecule has 1 aromatic rings. The van der Waals surface area contributed by atoms with Crippen LogP contribution in [0.5, 0.6) is 0 Å². The first-order chi connectivity index (χ1) is 8.17. The molecule has 1 rings (SSSR count). The number of rotatable bonds is 5. The van der Waals surface area contributed by atoms with Gasteiger partial charge in [0.15, 0.2) is 0 Å². The number of carbonyl (C=O) groups is 2. The van der Waals surface area contributed by atoms with Gasteiger partial charge in [-0.3, -0.25) is 9.59 Å². The SMILES string of the molecule is CNC(=O)CCNC(=O)c1ccc(NN)nc1. The van der Waals surface area contributed by atoms with E-state index >= 15 is 0 Å². The van der Waals surface area contributed by atoms with Crippen LogP contribution in [-0.2, 0) is 4.79 Å². The fourth-order valence-electron chi connectivity index (χ4n) is 1.13. The van der Waals surface area contributed by atoms with E-state index in [1.807, 2.05) is 0 Å². The first-order valence-electron chi connectivity index (χ1n) is 5.09. The quantitative estimate of drug-likeness (QED) is 0.397. The van der Waals surface area contributed by atoms with Crippen molar-refractivity contribution in [1.82, 2.24) is 15.6 Å². The summed E-state index contributed by atoms with van der Waals surface area (Å²) in [5.41, 5.74) is 2.78. The van der Waals surface area contributed by atoms with Crippen molar-refractivity contribution in [2.75, 3.05) is 19.0 Å². The third-order valence-corrected chi connectivity index (χ3v) is 2.09. The van der Waals surface area contributed by atoms with Crippen LogP contribution in [0, 0.1) is 0 Å². The zero-order valence-corrected chi connectivity index (χ0v) is 9.49. The molecule has 7 nitrogen and oxygen atoms in total. The lowest BCUT2D eigenvalue weighted by Gasteiger charge is -2.05. The van der Waals surface area contributed by atoms with Gasteiger partial charge < -0.3 is 16.1 Å². The first-order valence-corrected chi connectivity index (χ1v) is 5.09. The Morgan fingerprint density at radius 1 is 1.41 bits per heavy atom. The van der Waals surface area contributed by atoms with Crippen LogP contribution in [0.2, 0.25) is 0 Å². The lowest BCUT2D eigenvalue weighted by atomic mass is 10.2. The van der Waals surface area contributed by atoms with Crippen molar-refractivity contribution in [1.29, 1.82) is 0 Å². The van der Waals surface area contributed by atoms with Gasteiger partial charge in [-0.05, 0) is 12.1 Å². The van der Waals surface area contributed by atoms with Crippen LogP contribution in [0.3, 0.4) is 0 Å². The highest BCUT2D eigenvalue weighted by molar-refractivity contribution is 5.94. The summed E-state index contributed by atoms with van der Waals surface area (Å²) in [6, 6.07) is 3.19. The molecule has 0 spiro atoms. The zero-order valence-electron chi connectivity index (χ0n) is 9.49. The Labute approximate surface area is 98.8 Å². The number of anilines is 1. The number of nitrogens with two attached hydrogens (primary N) is 1. The van der Waals surface area contributed by atoms with Gasteiger partial charge in [-0.25, -0.2) is 10.8 Å². The molecule has 17 heavy (non-hydrogen) atoms. The van der Waals surface area contributed by atoms with Crippen molar-refractivity contribution in [3.05, 3.63) is 23.9 Å². The minimum Gasteiger partial charge on any atom is -0.359 e. The van der Waals surface area contributed by atoms with Crippen molar-refractivity contribution in [3.8, 4) is 0 Å². The first kappa shape index (κ1) is 12.9. The molecule has 92 valence electrons. The van der Waals surface area contributed by atoms with Crippen LogP contribution in [0.25, 0.3) is 0 Å². The molecular formula is C10H15N5O2. The van der Waals surface area contributed by atoms with Gasteiger partial charge in [-0.15, -0.1) is 0 Å². The summed E-state index contributed by atoms with van der Waals surface area (Å²) in [6.45, 7) is 0.287. The number of nitrogens with one attached hydrogen (secondary N) is 3. The van der Waals surface area contributed by atoms with Crippen LogP contribution in [-0.4, -0.2) is 30.4 Å². The van der Waals surface area contributed by atoms with E-state index in [0.717, 1.165) is 0 Å².